The van der Waals surface area contributed by atoms with E-state index in [1.54, 1.807) is 12.1 Å². The number of phenolic OH excluding ortho intramolecular Hbond substituents is 1. The molecule has 76 valence electrons. The molecular formula is C10H12ClNO2. The van der Waals surface area contributed by atoms with Gasteiger partial charge in [0.1, 0.15) is 11.5 Å². The van der Waals surface area contributed by atoms with Crippen LogP contribution in [0.1, 0.15) is 18.4 Å². The molecule has 0 aliphatic heterocycles. The van der Waals surface area contributed by atoms with Crippen molar-refractivity contribution in [1.29, 1.82) is 0 Å². The summed E-state index contributed by atoms with van der Waals surface area (Å²) in [6, 6.07) is 3.19. The van der Waals surface area contributed by atoms with Gasteiger partial charge in [0.15, 0.2) is 0 Å². The second-order valence-corrected chi connectivity index (χ2v) is 4.01. The van der Waals surface area contributed by atoms with Crippen LogP contribution in [0.3, 0.4) is 0 Å². The first-order chi connectivity index (χ1) is 6.58. The van der Waals surface area contributed by atoms with E-state index < -0.39 is 5.54 Å². The molecule has 2 rings (SSSR count). The number of aromatic hydroxyl groups is 1. The van der Waals surface area contributed by atoms with Crippen molar-refractivity contribution in [2.75, 3.05) is 7.11 Å². The molecular weight excluding hydrogens is 202 g/mol. The highest BCUT2D eigenvalue weighted by molar-refractivity contribution is 6.33. The highest BCUT2D eigenvalue weighted by Crippen LogP contribution is 2.51. The van der Waals surface area contributed by atoms with E-state index in [4.69, 9.17) is 22.1 Å². The minimum atomic E-state index is -0.449. The van der Waals surface area contributed by atoms with Gasteiger partial charge in [-0.05, 0) is 25.0 Å². The zero-order chi connectivity index (χ0) is 10.3. The smallest absolute Gasteiger partial charge is 0.138 e. The van der Waals surface area contributed by atoms with Crippen LogP contribution in [-0.4, -0.2) is 12.2 Å². The molecule has 0 atom stereocenters. The molecule has 0 amide bonds. The first-order valence-electron chi connectivity index (χ1n) is 4.43. The molecule has 1 aliphatic carbocycles. The second kappa shape index (κ2) is 3.04. The maximum absolute atomic E-state index is 9.67. The summed E-state index contributed by atoms with van der Waals surface area (Å²) in [7, 11) is 1.54. The number of rotatable bonds is 2. The Morgan fingerprint density at radius 1 is 1.50 bits per heavy atom. The van der Waals surface area contributed by atoms with Gasteiger partial charge >= 0.3 is 0 Å². The average molecular weight is 214 g/mol. The molecule has 3 nitrogen and oxygen atoms in total. The summed E-state index contributed by atoms with van der Waals surface area (Å²) in [6.45, 7) is 0. The summed E-state index contributed by atoms with van der Waals surface area (Å²) in [4.78, 5) is 0. The third kappa shape index (κ3) is 1.33. The zero-order valence-electron chi connectivity index (χ0n) is 7.88. The first-order valence-corrected chi connectivity index (χ1v) is 4.81. The lowest BCUT2D eigenvalue weighted by Gasteiger charge is -2.15. The highest BCUT2D eigenvalue weighted by Gasteiger charge is 2.44. The van der Waals surface area contributed by atoms with E-state index in [-0.39, 0.29) is 5.75 Å². The fraction of sp³-hybridized carbons (Fsp3) is 0.400. The Balaban J connectivity index is 2.56. The molecule has 1 aromatic rings. The summed E-state index contributed by atoms with van der Waals surface area (Å²) in [5, 5.41) is 10.1. The fourth-order valence-electron chi connectivity index (χ4n) is 1.56. The van der Waals surface area contributed by atoms with Gasteiger partial charge in [0.2, 0.25) is 0 Å². The lowest BCUT2D eigenvalue weighted by molar-refractivity contribution is 0.409. The van der Waals surface area contributed by atoms with Gasteiger partial charge in [-0.3, -0.25) is 0 Å². The molecule has 0 radical (unpaired) electrons. The Hall–Kier alpha value is -0.930. The van der Waals surface area contributed by atoms with Gasteiger partial charge in [0, 0.05) is 11.1 Å². The third-order valence-electron chi connectivity index (χ3n) is 2.59. The van der Waals surface area contributed by atoms with Crippen molar-refractivity contribution < 1.29 is 9.84 Å². The van der Waals surface area contributed by atoms with Crippen LogP contribution in [0.15, 0.2) is 12.1 Å². The molecule has 0 spiro atoms. The number of phenols is 1. The Kier molecular flexibility index (Phi) is 2.09. The maximum atomic E-state index is 9.67. The molecule has 0 bridgehead atoms. The van der Waals surface area contributed by atoms with Crippen molar-refractivity contribution in [2.24, 2.45) is 5.73 Å². The topological polar surface area (TPSA) is 55.5 Å². The Morgan fingerprint density at radius 3 is 2.64 bits per heavy atom. The minimum absolute atomic E-state index is 0.149. The SMILES string of the molecule is COc1ccc(O)c(C2(N)CC2)c1Cl. The van der Waals surface area contributed by atoms with Crippen molar-refractivity contribution in [3.8, 4) is 11.5 Å². The molecule has 1 saturated carbocycles. The van der Waals surface area contributed by atoms with Gasteiger partial charge in [0.25, 0.3) is 0 Å². The average Bonchev–Trinajstić information content (AvgIpc) is 2.85. The molecule has 4 heteroatoms. The maximum Gasteiger partial charge on any atom is 0.138 e. The minimum Gasteiger partial charge on any atom is -0.508 e. The number of hydrogen-bond donors (Lipinski definition) is 2. The number of methoxy groups -OCH3 is 1. The van der Waals surface area contributed by atoms with Gasteiger partial charge in [-0.15, -0.1) is 0 Å². The van der Waals surface area contributed by atoms with Crippen molar-refractivity contribution in [3.63, 3.8) is 0 Å². The van der Waals surface area contributed by atoms with Crippen molar-refractivity contribution in [3.05, 3.63) is 22.7 Å². The van der Waals surface area contributed by atoms with E-state index in [1.165, 1.54) is 7.11 Å². The van der Waals surface area contributed by atoms with Gasteiger partial charge in [0.05, 0.1) is 12.1 Å². The predicted octanol–water partition coefficient (Wildman–Crippen LogP) is 2.00. The van der Waals surface area contributed by atoms with Gasteiger partial charge in [-0.25, -0.2) is 0 Å². The van der Waals surface area contributed by atoms with Crippen LogP contribution in [0, 0.1) is 0 Å². The quantitative estimate of drug-likeness (QED) is 0.790. The van der Waals surface area contributed by atoms with E-state index in [9.17, 15) is 5.11 Å². The van der Waals surface area contributed by atoms with Crippen LogP contribution in [0.4, 0.5) is 0 Å². The number of benzene rings is 1. The monoisotopic (exact) mass is 213 g/mol. The molecule has 1 aromatic carbocycles. The molecule has 0 unspecified atom stereocenters. The summed E-state index contributed by atoms with van der Waals surface area (Å²) in [5.74, 6) is 0.701. The van der Waals surface area contributed by atoms with Gasteiger partial charge in [-0.1, -0.05) is 11.6 Å². The zero-order valence-corrected chi connectivity index (χ0v) is 8.64. The van der Waals surface area contributed by atoms with E-state index in [2.05, 4.69) is 0 Å². The first kappa shape index (κ1) is 9.62. The van der Waals surface area contributed by atoms with Crippen LogP contribution in [0.25, 0.3) is 0 Å². The van der Waals surface area contributed by atoms with Crippen LogP contribution < -0.4 is 10.5 Å². The fourth-order valence-corrected chi connectivity index (χ4v) is 1.99. The molecule has 0 heterocycles. The van der Waals surface area contributed by atoms with E-state index >= 15 is 0 Å². The second-order valence-electron chi connectivity index (χ2n) is 3.63. The standard InChI is InChI=1S/C10H12ClNO2/c1-14-7-3-2-6(13)8(9(7)11)10(12)4-5-10/h2-3,13H,4-5,12H2,1H3. The number of nitrogens with two attached hydrogens (primary N) is 1. The van der Waals surface area contributed by atoms with Crippen molar-refractivity contribution in [1.82, 2.24) is 0 Å². The van der Waals surface area contributed by atoms with Crippen LogP contribution >= 0.6 is 11.6 Å². The lowest BCUT2D eigenvalue weighted by Crippen LogP contribution is -2.19. The van der Waals surface area contributed by atoms with Gasteiger partial charge in [-0.2, -0.15) is 0 Å². The van der Waals surface area contributed by atoms with E-state index in [0.717, 1.165) is 12.8 Å². The van der Waals surface area contributed by atoms with Crippen LogP contribution in [0.5, 0.6) is 11.5 Å². The van der Waals surface area contributed by atoms with Crippen LogP contribution in [-0.2, 0) is 5.54 Å². The predicted molar refractivity (Wildman–Crippen MR) is 54.8 cm³/mol. The Labute approximate surface area is 87.4 Å². The largest absolute Gasteiger partial charge is 0.508 e. The third-order valence-corrected chi connectivity index (χ3v) is 2.97. The summed E-state index contributed by atoms with van der Waals surface area (Å²) in [5.41, 5.74) is 6.15. The normalized spacial score (nSPS) is 17.9. The summed E-state index contributed by atoms with van der Waals surface area (Å²) >= 11 is 6.07. The van der Waals surface area contributed by atoms with Gasteiger partial charge < -0.3 is 15.6 Å². The molecule has 1 fully saturated rings. The van der Waals surface area contributed by atoms with Crippen molar-refractivity contribution >= 4 is 11.6 Å². The highest BCUT2D eigenvalue weighted by atomic mass is 35.5. The lowest BCUT2D eigenvalue weighted by atomic mass is 10.0. The number of hydrogen-bond acceptors (Lipinski definition) is 3. The Bertz CT molecular complexity index is 375. The van der Waals surface area contributed by atoms with Crippen LogP contribution in [0.2, 0.25) is 5.02 Å². The Morgan fingerprint density at radius 2 is 2.14 bits per heavy atom. The van der Waals surface area contributed by atoms with E-state index in [1.807, 2.05) is 0 Å². The molecule has 3 N–H and O–H groups in total. The molecule has 14 heavy (non-hydrogen) atoms. The molecule has 0 saturated heterocycles. The van der Waals surface area contributed by atoms with Crippen molar-refractivity contribution in [2.45, 2.75) is 18.4 Å². The number of ether oxygens (including phenoxy) is 1. The summed E-state index contributed by atoms with van der Waals surface area (Å²) in [6.07, 6.45) is 1.71. The summed E-state index contributed by atoms with van der Waals surface area (Å²) < 4.78 is 5.06. The molecule has 1 aliphatic rings. The number of halogens is 1. The molecule has 0 aromatic heterocycles. The van der Waals surface area contributed by atoms with E-state index in [0.29, 0.717) is 16.3 Å².